The van der Waals surface area contributed by atoms with Crippen molar-refractivity contribution in [3.63, 3.8) is 0 Å². The van der Waals surface area contributed by atoms with Gasteiger partial charge in [0, 0.05) is 18.1 Å². The summed E-state index contributed by atoms with van der Waals surface area (Å²) in [5, 5.41) is 3.01. The van der Waals surface area contributed by atoms with Crippen molar-refractivity contribution in [2.24, 2.45) is 0 Å². The van der Waals surface area contributed by atoms with E-state index in [0.717, 1.165) is 25.8 Å². The summed E-state index contributed by atoms with van der Waals surface area (Å²) in [4.78, 5) is 13.8. The highest BCUT2D eigenvalue weighted by molar-refractivity contribution is 5.75. The molecule has 0 bridgehead atoms. The summed E-state index contributed by atoms with van der Waals surface area (Å²) >= 11 is 0. The van der Waals surface area contributed by atoms with Gasteiger partial charge in [0.05, 0.1) is 0 Å². The molecule has 3 heteroatoms. The van der Waals surface area contributed by atoms with Crippen molar-refractivity contribution >= 4 is 6.03 Å². The summed E-state index contributed by atoms with van der Waals surface area (Å²) in [5.41, 5.74) is -0.127. The molecule has 0 spiro atoms. The average Bonchev–Trinajstić information content (AvgIpc) is 2.47. The third-order valence-corrected chi connectivity index (χ3v) is 2.59. The Bertz CT molecular complexity index is 208. The number of hydrogen-bond acceptors (Lipinski definition) is 1. The van der Waals surface area contributed by atoms with Crippen molar-refractivity contribution in [1.82, 2.24) is 10.2 Å². The highest BCUT2D eigenvalue weighted by atomic mass is 16.2. The fourth-order valence-corrected chi connectivity index (χ4v) is 1.92. The highest BCUT2D eigenvalue weighted by Gasteiger charge is 2.28. The number of hydrogen-bond donors (Lipinski definition) is 1. The minimum Gasteiger partial charge on any atom is -0.333 e. The van der Waals surface area contributed by atoms with Crippen LogP contribution < -0.4 is 5.32 Å². The van der Waals surface area contributed by atoms with Gasteiger partial charge in [0.2, 0.25) is 0 Å². The lowest BCUT2D eigenvalue weighted by molar-refractivity contribution is 0.182. The molecule has 1 rings (SSSR count). The zero-order valence-corrected chi connectivity index (χ0v) is 9.76. The maximum Gasteiger partial charge on any atom is 0.318 e. The first kappa shape index (κ1) is 11.3. The monoisotopic (exact) mass is 198 g/mol. The van der Waals surface area contributed by atoms with Crippen LogP contribution in [-0.4, -0.2) is 29.1 Å². The second-order valence-electron chi connectivity index (χ2n) is 5.08. The smallest absolute Gasteiger partial charge is 0.318 e. The Morgan fingerprint density at radius 3 is 2.64 bits per heavy atom. The molecule has 1 unspecified atom stereocenters. The lowest BCUT2D eigenvalue weighted by atomic mass is 10.1. The minimum atomic E-state index is -0.127. The van der Waals surface area contributed by atoms with Crippen molar-refractivity contribution in [1.29, 1.82) is 0 Å². The van der Waals surface area contributed by atoms with Gasteiger partial charge >= 0.3 is 6.03 Å². The molecule has 1 fully saturated rings. The van der Waals surface area contributed by atoms with E-state index in [9.17, 15) is 4.79 Å². The first-order valence-electron chi connectivity index (χ1n) is 5.53. The zero-order valence-electron chi connectivity index (χ0n) is 9.76. The minimum absolute atomic E-state index is 0.0989. The van der Waals surface area contributed by atoms with E-state index in [1.807, 2.05) is 25.7 Å². The fraction of sp³-hybridized carbons (Fsp3) is 0.909. The van der Waals surface area contributed by atoms with E-state index in [-0.39, 0.29) is 11.6 Å². The Morgan fingerprint density at radius 2 is 2.14 bits per heavy atom. The molecule has 1 aliphatic rings. The topological polar surface area (TPSA) is 32.3 Å². The van der Waals surface area contributed by atoms with Crippen LogP contribution >= 0.6 is 0 Å². The molecule has 82 valence electrons. The summed E-state index contributed by atoms with van der Waals surface area (Å²) in [6.07, 6.45) is 3.38. The van der Waals surface area contributed by atoms with Gasteiger partial charge in [-0.15, -0.1) is 0 Å². The summed E-state index contributed by atoms with van der Waals surface area (Å²) in [6, 6.07) is 0.555. The normalized spacial score (nSPS) is 22.6. The molecule has 0 radical (unpaired) electrons. The van der Waals surface area contributed by atoms with Gasteiger partial charge in [-0.1, -0.05) is 6.92 Å². The van der Waals surface area contributed by atoms with E-state index in [0.29, 0.717) is 6.04 Å². The fourth-order valence-electron chi connectivity index (χ4n) is 1.92. The van der Waals surface area contributed by atoms with Gasteiger partial charge in [-0.2, -0.15) is 0 Å². The van der Waals surface area contributed by atoms with Crippen molar-refractivity contribution in [3.8, 4) is 0 Å². The molecule has 0 aliphatic carbocycles. The second kappa shape index (κ2) is 4.20. The Labute approximate surface area is 86.9 Å². The Morgan fingerprint density at radius 1 is 1.50 bits per heavy atom. The van der Waals surface area contributed by atoms with Crippen molar-refractivity contribution in [2.75, 3.05) is 6.54 Å². The van der Waals surface area contributed by atoms with Crippen LogP contribution in [-0.2, 0) is 0 Å². The number of nitrogens with one attached hydrogen (secondary N) is 1. The molecule has 0 aromatic heterocycles. The van der Waals surface area contributed by atoms with E-state index in [4.69, 9.17) is 0 Å². The number of likely N-dealkylation sites (tertiary alicyclic amines) is 1. The Balaban J connectivity index is 2.52. The molecule has 1 aliphatic heterocycles. The molecule has 14 heavy (non-hydrogen) atoms. The van der Waals surface area contributed by atoms with Crippen LogP contribution in [0.3, 0.4) is 0 Å². The molecule has 1 atom stereocenters. The van der Waals surface area contributed by atoms with Gasteiger partial charge in [-0.3, -0.25) is 0 Å². The number of urea groups is 1. The van der Waals surface area contributed by atoms with E-state index in [2.05, 4.69) is 12.2 Å². The van der Waals surface area contributed by atoms with Crippen LogP contribution in [0, 0.1) is 0 Å². The van der Waals surface area contributed by atoms with Gasteiger partial charge in [0.25, 0.3) is 0 Å². The second-order valence-corrected chi connectivity index (χ2v) is 5.08. The van der Waals surface area contributed by atoms with Crippen LogP contribution in [0.1, 0.15) is 47.0 Å². The van der Waals surface area contributed by atoms with E-state index in [1.54, 1.807) is 0 Å². The SMILES string of the molecule is CCC1CCCN1C(=O)NC(C)(C)C. The largest absolute Gasteiger partial charge is 0.333 e. The lowest BCUT2D eigenvalue weighted by Crippen LogP contribution is -2.49. The van der Waals surface area contributed by atoms with Gasteiger partial charge < -0.3 is 10.2 Å². The molecule has 1 N–H and O–H groups in total. The standard InChI is InChI=1S/C11H22N2O/c1-5-9-7-6-8-13(9)10(14)12-11(2,3)4/h9H,5-8H2,1-4H3,(H,12,14). The zero-order chi connectivity index (χ0) is 10.8. The predicted octanol–water partition coefficient (Wildman–Crippen LogP) is 2.37. The average molecular weight is 198 g/mol. The Kier molecular flexibility index (Phi) is 3.40. The van der Waals surface area contributed by atoms with Gasteiger partial charge in [0.1, 0.15) is 0 Å². The molecular formula is C11H22N2O. The number of carbonyl (C=O) groups is 1. The number of amides is 2. The van der Waals surface area contributed by atoms with Crippen LogP contribution in [0.5, 0.6) is 0 Å². The first-order chi connectivity index (χ1) is 6.44. The van der Waals surface area contributed by atoms with Gasteiger partial charge in [0.15, 0.2) is 0 Å². The summed E-state index contributed by atoms with van der Waals surface area (Å²) < 4.78 is 0. The highest BCUT2D eigenvalue weighted by Crippen LogP contribution is 2.20. The molecule has 1 saturated heterocycles. The lowest BCUT2D eigenvalue weighted by Gasteiger charge is -2.29. The van der Waals surface area contributed by atoms with Crippen molar-refractivity contribution in [2.45, 2.75) is 58.5 Å². The maximum atomic E-state index is 11.8. The van der Waals surface area contributed by atoms with Gasteiger partial charge in [-0.05, 0) is 40.0 Å². The Hall–Kier alpha value is -0.730. The summed E-state index contributed by atoms with van der Waals surface area (Å²) in [5.74, 6) is 0. The maximum absolute atomic E-state index is 11.8. The van der Waals surface area contributed by atoms with Crippen molar-refractivity contribution in [3.05, 3.63) is 0 Å². The number of nitrogens with zero attached hydrogens (tertiary/aromatic N) is 1. The summed E-state index contributed by atoms with van der Waals surface area (Å²) in [6.45, 7) is 9.11. The third kappa shape index (κ3) is 2.89. The molecule has 0 aromatic carbocycles. The van der Waals surface area contributed by atoms with Crippen LogP contribution in [0.2, 0.25) is 0 Å². The molecule has 0 saturated carbocycles. The van der Waals surface area contributed by atoms with E-state index in [1.165, 1.54) is 0 Å². The molecule has 0 aromatic rings. The quantitative estimate of drug-likeness (QED) is 0.689. The molecule has 3 nitrogen and oxygen atoms in total. The molecular weight excluding hydrogens is 176 g/mol. The van der Waals surface area contributed by atoms with Crippen LogP contribution in [0.25, 0.3) is 0 Å². The van der Waals surface area contributed by atoms with E-state index >= 15 is 0 Å². The van der Waals surface area contributed by atoms with E-state index < -0.39 is 0 Å². The van der Waals surface area contributed by atoms with Crippen LogP contribution in [0.4, 0.5) is 4.79 Å². The summed E-state index contributed by atoms with van der Waals surface area (Å²) in [7, 11) is 0. The molecule has 2 amide bonds. The van der Waals surface area contributed by atoms with Crippen LogP contribution in [0.15, 0.2) is 0 Å². The third-order valence-electron chi connectivity index (χ3n) is 2.59. The van der Waals surface area contributed by atoms with Crippen molar-refractivity contribution < 1.29 is 4.79 Å². The molecule has 1 heterocycles. The number of carbonyl (C=O) groups excluding carboxylic acids is 1. The number of rotatable bonds is 1. The predicted molar refractivity (Wildman–Crippen MR) is 58.3 cm³/mol. The van der Waals surface area contributed by atoms with Gasteiger partial charge in [-0.25, -0.2) is 4.79 Å². The first-order valence-corrected chi connectivity index (χ1v) is 5.53.